The molecule has 272 valence electrons. The molecule has 7 unspecified atom stereocenters. The van der Waals surface area contributed by atoms with Crippen molar-refractivity contribution in [2.45, 2.75) is 105 Å². The van der Waals surface area contributed by atoms with Crippen LogP contribution in [0.15, 0.2) is 36.5 Å². The first kappa shape index (κ1) is 47.2. The minimum atomic E-state index is -0.849. The molecule has 0 spiro atoms. The van der Waals surface area contributed by atoms with Crippen molar-refractivity contribution in [2.75, 3.05) is 27.3 Å². The Morgan fingerprint density at radius 1 is 0.745 bits per heavy atom. The quantitative estimate of drug-likeness (QED) is 0.100. The molecule has 4 rings (SSSR count). The molecule has 7 atom stereocenters. The first-order chi connectivity index (χ1) is 20.3. The lowest BCUT2D eigenvalue weighted by Gasteiger charge is -2.31. The van der Waals surface area contributed by atoms with Crippen LogP contribution >= 0.6 is 31.9 Å². The first-order valence-corrected chi connectivity index (χ1v) is 17.0. The Bertz CT molecular complexity index is 1120. The van der Waals surface area contributed by atoms with Gasteiger partial charge in [-0.25, -0.2) is 4.79 Å². The number of nitrogens with one attached hydrogen (secondary N) is 2. The molecule has 2 saturated carbocycles. The predicted octanol–water partition coefficient (Wildman–Crippen LogP) is 8.19. The fourth-order valence-corrected chi connectivity index (χ4v) is 7.53. The topological polar surface area (TPSA) is 111 Å². The molecule has 4 bridgehead atoms. The fourth-order valence-electron chi connectivity index (χ4n) is 6.53. The highest BCUT2D eigenvalue weighted by molar-refractivity contribution is 9.10. The maximum absolute atomic E-state index is 12.5. The van der Waals surface area contributed by atoms with E-state index in [0.717, 1.165) is 19.0 Å². The number of amides is 2. The average molecular weight is 793 g/mol. The number of fused-ring (bicyclic) bond motifs is 4. The van der Waals surface area contributed by atoms with E-state index in [0.29, 0.717) is 41.6 Å². The summed E-state index contributed by atoms with van der Waals surface area (Å²) in [5.41, 5.74) is -0.206. The molecule has 0 aromatic rings. The fraction of sp³-hybridized carbons (Fsp3) is 0.730. The van der Waals surface area contributed by atoms with Crippen molar-refractivity contribution < 1.29 is 28.7 Å². The number of carbonyl (C=O) groups excluding carboxylic acids is 4. The molecule has 0 aromatic heterocycles. The Morgan fingerprint density at radius 3 is 1.45 bits per heavy atom. The summed E-state index contributed by atoms with van der Waals surface area (Å²) in [5, 5.41) is 6.11. The van der Waals surface area contributed by atoms with Crippen molar-refractivity contribution >= 4 is 55.6 Å². The molecule has 8 nitrogen and oxygen atoms in total. The number of esters is 2. The standard InChI is InChI=1S/C17H26BrNO3.C12H18BrNO.C5H8O2.3CH4/c1-16(2,10-17(3,18)15(21)22-4)14(20)19-9-13-8-11-5-6-12(13)7-11;1-12(2,13)11(15)14-7-10-6-8-3-4-9(10)5-8;1-4(2)5(6)7-3;;;/h5-6,11-13H,7-10H2,1-4H3,(H,19,20);3-4,8-10H,5-7H2,1-2H3,(H,14,15);1H2,2-3H3;3*1H4. The van der Waals surface area contributed by atoms with Crippen LogP contribution in [-0.4, -0.2) is 59.7 Å². The van der Waals surface area contributed by atoms with E-state index in [1.807, 2.05) is 27.7 Å². The molecule has 4 aliphatic carbocycles. The van der Waals surface area contributed by atoms with Crippen LogP contribution in [0, 0.1) is 40.9 Å². The number of carbonyl (C=O) groups is 4. The second-order valence-corrected chi connectivity index (χ2v) is 17.7. The highest BCUT2D eigenvalue weighted by atomic mass is 79.9. The van der Waals surface area contributed by atoms with Crippen LogP contribution in [0.4, 0.5) is 0 Å². The number of hydrogen-bond acceptors (Lipinski definition) is 6. The molecule has 0 radical (unpaired) electrons. The maximum Gasteiger partial charge on any atom is 0.332 e. The number of methoxy groups -OCH3 is 2. The van der Waals surface area contributed by atoms with Crippen LogP contribution in [-0.2, 0) is 28.7 Å². The second-order valence-electron chi connectivity index (χ2n) is 14.0. The molecule has 0 saturated heterocycles. The SMILES string of the molecule is C.C.C.C=C(C)C(=O)OC.CC(C)(Br)C(=O)NCC1CC2C=CC1C2.COC(=O)C(C)(Br)CC(C)(C)C(=O)NCC1CC2C=CC1C2. The summed E-state index contributed by atoms with van der Waals surface area (Å²) in [6.07, 6.45) is 14.6. The van der Waals surface area contributed by atoms with Crippen LogP contribution in [0.5, 0.6) is 0 Å². The van der Waals surface area contributed by atoms with Crippen LogP contribution in [0.1, 0.15) is 95.9 Å². The number of hydrogen-bond donors (Lipinski definition) is 2. The minimum Gasteiger partial charge on any atom is -0.468 e. The second kappa shape index (κ2) is 19.9. The van der Waals surface area contributed by atoms with Gasteiger partial charge in [-0.15, -0.1) is 0 Å². The lowest BCUT2D eigenvalue weighted by molar-refractivity contribution is -0.144. The van der Waals surface area contributed by atoms with Crippen molar-refractivity contribution in [2.24, 2.45) is 40.9 Å². The first-order valence-electron chi connectivity index (χ1n) is 15.4. The number of halogens is 2. The summed E-state index contributed by atoms with van der Waals surface area (Å²) in [4.78, 5) is 46.1. The molecule has 0 aromatic carbocycles. The van der Waals surface area contributed by atoms with Gasteiger partial charge >= 0.3 is 11.9 Å². The van der Waals surface area contributed by atoms with Gasteiger partial charge < -0.3 is 20.1 Å². The van der Waals surface area contributed by atoms with Crippen LogP contribution in [0.3, 0.4) is 0 Å². The van der Waals surface area contributed by atoms with Crippen LogP contribution in [0.25, 0.3) is 0 Å². The Kier molecular flexibility index (Phi) is 20.0. The van der Waals surface area contributed by atoms with E-state index in [9.17, 15) is 19.2 Å². The largest absolute Gasteiger partial charge is 0.468 e. The average Bonchev–Trinajstić information content (AvgIpc) is 3.76. The van der Waals surface area contributed by atoms with Gasteiger partial charge in [-0.2, -0.15) is 0 Å². The maximum atomic E-state index is 12.5. The van der Waals surface area contributed by atoms with Gasteiger partial charge in [0, 0.05) is 24.1 Å². The number of alkyl halides is 2. The van der Waals surface area contributed by atoms with Crippen molar-refractivity contribution in [3.8, 4) is 0 Å². The van der Waals surface area contributed by atoms with Gasteiger partial charge in [-0.05, 0) is 95.3 Å². The monoisotopic (exact) mass is 790 g/mol. The summed E-state index contributed by atoms with van der Waals surface area (Å²) in [7, 11) is 2.69. The minimum absolute atomic E-state index is 0. The van der Waals surface area contributed by atoms with E-state index in [1.54, 1.807) is 13.8 Å². The zero-order chi connectivity index (χ0) is 33.5. The van der Waals surface area contributed by atoms with E-state index in [1.165, 1.54) is 39.9 Å². The van der Waals surface area contributed by atoms with E-state index in [-0.39, 0.29) is 46.0 Å². The number of ether oxygens (including phenoxy) is 2. The lowest BCUT2D eigenvalue weighted by atomic mass is 9.82. The number of rotatable bonds is 10. The third-order valence-corrected chi connectivity index (χ3v) is 9.92. The van der Waals surface area contributed by atoms with Gasteiger partial charge in [0.1, 0.15) is 4.32 Å². The Labute approximate surface area is 303 Å². The van der Waals surface area contributed by atoms with Crippen molar-refractivity contribution in [3.05, 3.63) is 36.5 Å². The highest BCUT2D eigenvalue weighted by Gasteiger charge is 2.42. The van der Waals surface area contributed by atoms with E-state index in [2.05, 4.69) is 78.1 Å². The summed E-state index contributed by atoms with van der Waals surface area (Å²) in [6.45, 7) is 15.7. The Hall–Kier alpha value is -1.94. The third kappa shape index (κ3) is 14.2. The molecule has 10 heteroatoms. The molecule has 0 heterocycles. The zero-order valence-corrected chi connectivity index (χ0v) is 30.8. The smallest absolute Gasteiger partial charge is 0.332 e. The molecule has 47 heavy (non-hydrogen) atoms. The van der Waals surface area contributed by atoms with E-state index in [4.69, 9.17) is 4.74 Å². The summed E-state index contributed by atoms with van der Waals surface area (Å²) < 4.78 is 7.77. The summed E-state index contributed by atoms with van der Waals surface area (Å²) >= 11 is 6.76. The molecule has 2 amide bonds. The molecule has 2 N–H and O–H groups in total. The van der Waals surface area contributed by atoms with Crippen LogP contribution < -0.4 is 10.6 Å². The number of allylic oxidation sites excluding steroid dienone is 4. The van der Waals surface area contributed by atoms with Gasteiger partial charge in [0.2, 0.25) is 11.8 Å². The Morgan fingerprint density at radius 2 is 1.17 bits per heavy atom. The third-order valence-electron chi connectivity index (χ3n) is 8.96. The summed E-state index contributed by atoms with van der Waals surface area (Å²) in [6, 6.07) is 0. The lowest BCUT2D eigenvalue weighted by Crippen LogP contribution is -2.45. The van der Waals surface area contributed by atoms with Crippen molar-refractivity contribution in [3.63, 3.8) is 0 Å². The Balaban J connectivity index is 0. The van der Waals surface area contributed by atoms with Crippen LogP contribution in [0.2, 0.25) is 0 Å². The molecule has 0 aliphatic heterocycles. The van der Waals surface area contributed by atoms with Crippen molar-refractivity contribution in [1.82, 2.24) is 10.6 Å². The van der Waals surface area contributed by atoms with Gasteiger partial charge in [-0.3, -0.25) is 14.4 Å². The molecular weight excluding hydrogens is 728 g/mol. The van der Waals surface area contributed by atoms with Gasteiger partial charge in [-0.1, -0.05) is 98.9 Å². The highest BCUT2D eigenvalue weighted by Crippen LogP contribution is 2.44. The normalized spacial score (nSPS) is 25.5. The van der Waals surface area contributed by atoms with Gasteiger partial charge in [0.15, 0.2) is 0 Å². The molecule has 2 fully saturated rings. The summed E-state index contributed by atoms with van der Waals surface area (Å²) in [5.74, 6) is 3.46. The van der Waals surface area contributed by atoms with Gasteiger partial charge in [0.05, 0.1) is 18.5 Å². The van der Waals surface area contributed by atoms with Crippen molar-refractivity contribution in [1.29, 1.82) is 0 Å². The van der Waals surface area contributed by atoms with E-state index < -0.39 is 14.1 Å². The van der Waals surface area contributed by atoms with Gasteiger partial charge in [0.25, 0.3) is 0 Å². The predicted molar refractivity (Wildman–Crippen MR) is 201 cm³/mol. The van der Waals surface area contributed by atoms with E-state index >= 15 is 0 Å². The molecule has 4 aliphatic rings. The molecular formula is C37H64Br2N2O6. The zero-order valence-electron chi connectivity index (χ0n) is 27.6.